The monoisotopic (exact) mass is 411 g/mol. The molecule has 0 spiro atoms. The molecule has 1 saturated carbocycles. The minimum absolute atomic E-state index is 0.0669. The molecule has 8 nitrogen and oxygen atoms in total. The third-order valence-electron chi connectivity index (χ3n) is 6.53. The zero-order chi connectivity index (χ0) is 21.2. The Kier molecular flexibility index (Phi) is 4.31. The summed E-state index contributed by atoms with van der Waals surface area (Å²) >= 11 is 0. The van der Waals surface area contributed by atoms with Gasteiger partial charge in [0.15, 0.2) is 5.65 Å². The molecule has 2 aromatic heterocycles. The number of hydrogen-bond donors (Lipinski definition) is 1. The molecule has 2 aromatic rings. The van der Waals surface area contributed by atoms with Crippen LogP contribution >= 0.6 is 0 Å². The molecule has 0 unspecified atom stereocenters. The average molecular weight is 412 g/mol. The molecule has 2 fully saturated rings. The lowest BCUT2D eigenvalue weighted by Gasteiger charge is -2.30. The van der Waals surface area contributed by atoms with Crippen molar-refractivity contribution in [1.82, 2.24) is 24.4 Å². The van der Waals surface area contributed by atoms with Crippen molar-refractivity contribution in [1.29, 1.82) is 0 Å². The largest absolute Gasteiger partial charge is 0.337 e. The maximum atomic E-state index is 13.2. The van der Waals surface area contributed by atoms with Crippen molar-refractivity contribution in [2.75, 3.05) is 13.1 Å². The molecular formula is C22H29N5O3. The first-order valence-electron chi connectivity index (χ1n) is 11.0. The second-order valence-electron chi connectivity index (χ2n) is 9.94. The fraction of sp³-hybridized carbons (Fsp3) is 0.636. The van der Waals surface area contributed by atoms with Crippen LogP contribution in [0.4, 0.5) is 0 Å². The first kappa shape index (κ1) is 19.3. The first-order chi connectivity index (χ1) is 14.2. The van der Waals surface area contributed by atoms with Crippen LogP contribution in [-0.4, -0.2) is 49.3 Å². The van der Waals surface area contributed by atoms with E-state index in [1.54, 1.807) is 4.90 Å². The molecule has 2 amide bonds. The molecule has 1 aliphatic carbocycles. The minimum Gasteiger partial charge on any atom is -0.337 e. The minimum atomic E-state index is -0.444. The van der Waals surface area contributed by atoms with Gasteiger partial charge in [-0.15, -0.1) is 0 Å². The number of fused-ring (bicyclic) bond motifs is 2. The van der Waals surface area contributed by atoms with E-state index in [0.717, 1.165) is 43.6 Å². The van der Waals surface area contributed by atoms with Gasteiger partial charge in [-0.25, -0.2) is 9.50 Å². The molecule has 2 aliphatic heterocycles. The Balaban J connectivity index is 1.48. The second-order valence-corrected chi connectivity index (χ2v) is 9.94. The van der Waals surface area contributed by atoms with Crippen molar-refractivity contribution in [3.8, 4) is 0 Å². The van der Waals surface area contributed by atoms with Gasteiger partial charge in [-0.3, -0.25) is 19.5 Å². The van der Waals surface area contributed by atoms with E-state index in [1.165, 1.54) is 4.52 Å². The number of H-pyrrole nitrogens is 1. The van der Waals surface area contributed by atoms with Gasteiger partial charge in [0.2, 0.25) is 11.8 Å². The number of rotatable bonds is 2. The van der Waals surface area contributed by atoms with E-state index >= 15 is 0 Å². The van der Waals surface area contributed by atoms with Gasteiger partial charge in [-0.05, 0) is 25.7 Å². The van der Waals surface area contributed by atoms with Crippen LogP contribution in [-0.2, 0) is 22.6 Å². The highest BCUT2D eigenvalue weighted by atomic mass is 16.2. The van der Waals surface area contributed by atoms with Crippen LogP contribution in [0.1, 0.15) is 69.4 Å². The zero-order valence-corrected chi connectivity index (χ0v) is 17.9. The van der Waals surface area contributed by atoms with Crippen LogP contribution in [0.25, 0.3) is 5.65 Å². The molecule has 3 aliphatic rings. The molecule has 8 heteroatoms. The number of amides is 2. The van der Waals surface area contributed by atoms with E-state index in [0.29, 0.717) is 30.7 Å². The fourth-order valence-electron chi connectivity index (χ4n) is 4.71. The number of carbonyl (C=O) groups excluding carboxylic acids is 2. The van der Waals surface area contributed by atoms with Crippen molar-refractivity contribution < 1.29 is 9.59 Å². The van der Waals surface area contributed by atoms with Gasteiger partial charge in [0.1, 0.15) is 0 Å². The van der Waals surface area contributed by atoms with Crippen LogP contribution < -0.4 is 5.56 Å². The maximum absolute atomic E-state index is 13.2. The summed E-state index contributed by atoms with van der Waals surface area (Å²) in [6, 6.07) is 1.84. The van der Waals surface area contributed by atoms with Crippen LogP contribution in [0.3, 0.4) is 0 Å². The standard InChI is InChI=1S/C22H29N5O3/c1-22(2,3)21(30)26-9-4-5-17(26)16-11-18-23-15-8-10-25(19(28)13-6-7-13)12-14(15)20(29)27(18)24-16/h11,13,17,24H,4-10,12H2,1-3H3/t17-/m0/s1. The number of aromatic nitrogens is 3. The quantitative estimate of drug-likeness (QED) is 0.819. The molecule has 4 heterocycles. The number of carbonyl (C=O) groups is 2. The average Bonchev–Trinajstić information content (AvgIpc) is 3.28. The van der Waals surface area contributed by atoms with Gasteiger partial charge in [-0.1, -0.05) is 20.8 Å². The normalized spacial score (nSPS) is 21.9. The van der Waals surface area contributed by atoms with E-state index in [-0.39, 0.29) is 29.3 Å². The number of aromatic amines is 1. The van der Waals surface area contributed by atoms with Gasteiger partial charge in [0.05, 0.1) is 29.5 Å². The molecule has 0 bridgehead atoms. The Bertz CT molecular complexity index is 1090. The number of nitrogens with one attached hydrogen (secondary N) is 1. The van der Waals surface area contributed by atoms with Crippen LogP contribution in [0, 0.1) is 11.3 Å². The van der Waals surface area contributed by atoms with Crippen molar-refractivity contribution in [3.63, 3.8) is 0 Å². The van der Waals surface area contributed by atoms with E-state index in [2.05, 4.69) is 5.10 Å². The topological polar surface area (TPSA) is 90.8 Å². The Morgan fingerprint density at radius 2 is 1.93 bits per heavy atom. The third-order valence-corrected chi connectivity index (χ3v) is 6.53. The zero-order valence-electron chi connectivity index (χ0n) is 17.9. The number of nitrogens with zero attached hydrogens (tertiary/aromatic N) is 4. The highest BCUT2D eigenvalue weighted by Gasteiger charge is 2.38. The summed E-state index contributed by atoms with van der Waals surface area (Å²) in [6.07, 6.45) is 4.34. The molecule has 1 saturated heterocycles. The summed E-state index contributed by atoms with van der Waals surface area (Å²) in [6.45, 7) is 7.50. The summed E-state index contributed by atoms with van der Waals surface area (Å²) in [5.74, 6) is 0.439. The Morgan fingerprint density at radius 3 is 2.63 bits per heavy atom. The van der Waals surface area contributed by atoms with Gasteiger partial charge in [0.25, 0.3) is 5.56 Å². The van der Waals surface area contributed by atoms with Crippen LogP contribution in [0.15, 0.2) is 10.9 Å². The maximum Gasteiger partial charge on any atom is 0.277 e. The predicted molar refractivity (Wildman–Crippen MR) is 111 cm³/mol. The van der Waals surface area contributed by atoms with E-state index in [1.807, 2.05) is 31.7 Å². The summed E-state index contributed by atoms with van der Waals surface area (Å²) in [5, 5.41) is 3.22. The smallest absolute Gasteiger partial charge is 0.277 e. The van der Waals surface area contributed by atoms with Gasteiger partial charge in [0, 0.05) is 36.9 Å². The van der Waals surface area contributed by atoms with Crippen LogP contribution in [0.2, 0.25) is 0 Å². The van der Waals surface area contributed by atoms with Crippen LogP contribution in [0.5, 0.6) is 0 Å². The van der Waals surface area contributed by atoms with Crippen molar-refractivity contribution in [2.45, 2.75) is 65.5 Å². The van der Waals surface area contributed by atoms with E-state index in [9.17, 15) is 14.4 Å². The summed E-state index contributed by atoms with van der Waals surface area (Å²) in [4.78, 5) is 47.0. The Morgan fingerprint density at radius 1 is 1.17 bits per heavy atom. The molecule has 30 heavy (non-hydrogen) atoms. The summed E-state index contributed by atoms with van der Waals surface area (Å²) < 4.78 is 1.48. The highest BCUT2D eigenvalue weighted by molar-refractivity contribution is 5.82. The third kappa shape index (κ3) is 3.13. The predicted octanol–water partition coefficient (Wildman–Crippen LogP) is 2.03. The number of hydrogen-bond acceptors (Lipinski definition) is 4. The number of likely N-dealkylation sites (tertiary alicyclic amines) is 1. The second kappa shape index (κ2) is 6.68. The van der Waals surface area contributed by atoms with E-state index < -0.39 is 5.41 Å². The SMILES string of the molecule is CC(C)(C)C(=O)N1CCC[C@H]1c1cc2nc3c(c(=O)n2[nH]1)CN(C(=O)C1CC1)CC3. The summed E-state index contributed by atoms with van der Waals surface area (Å²) in [7, 11) is 0. The van der Waals surface area contributed by atoms with Crippen molar-refractivity contribution in [2.24, 2.45) is 11.3 Å². The van der Waals surface area contributed by atoms with Gasteiger partial charge < -0.3 is 9.80 Å². The van der Waals surface area contributed by atoms with Gasteiger partial charge in [-0.2, -0.15) is 0 Å². The highest BCUT2D eigenvalue weighted by Crippen LogP contribution is 2.35. The van der Waals surface area contributed by atoms with E-state index in [4.69, 9.17) is 4.98 Å². The molecule has 0 aromatic carbocycles. The summed E-state index contributed by atoms with van der Waals surface area (Å²) in [5.41, 5.74) is 2.25. The lowest BCUT2D eigenvalue weighted by molar-refractivity contribution is -0.140. The molecule has 1 atom stereocenters. The molecule has 0 radical (unpaired) electrons. The van der Waals surface area contributed by atoms with Gasteiger partial charge >= 0.3 is 0 Å². The Hall–Kier alpha value is -2.64. The van der Waals surface area contributed by atoms with Crippen molar-refractivity contribution in [3.05, 3.63) is 33.4 Å². The molecular weight excluding hydrogens is 382 g/mol. The first-order valence-corrected chi connectivity index (χ1v) is 11.0. The Labute approximate surface area is 175 Å². The van der Waals surface area contributed by atoms with Crippen molar-refractivity contribution >= 4 is 17.5 Å². The molecule has 1 N–H and O–H groups in total. The molecule has 5 rings (SSSR count). The lowest BCUT2D eigenvalue weighted by atomic mass is 9.94. The lowest BCUT2D eigenvalue weighted by Crippen LogP contribution is -2.41. The molecule has 160 valence electrons. The fourth-order valence-corrected chi connectivity index (χ4v) is 4.71.